The summed E-state index contributed by atoms with van der Waals surface area (Å²) in [5.41, 5.74) is 12.2. The van der Waals surface area contributed by atoms with E-state index in [-0.39, 0.29) is 29.3 Å². The van der Waals surface area contributed by atoms with Gasteiger partial charge in [-0.3, -0.25) is 14.5 Å². The van der Waals surface area contributed by atoms with Gasteiger partial charge in [0, 0.05) is 17.8 Å². The molecule has 2 rings (SSSR count). The second-order valence-corrected chi connectivity index (χ2v) is 5.56. The molecule has 1 aliphatic heterocycles. The van der Waals surface area contributed by atoms with E-state index in [0.29, 0.717) is 30.8 Å². The Kier molecular flexibility index (Phi) is 4.87. The fourth-order valence-corrected chi connectivity index (χ4v) is 2.49. The molecular formula is C14H18N4O2S. The number of nitrogens with two attached hydrogens (primary N) is 2. The van der Waals surface area contributed by atoms with Crippen LogP contribution in [0.1, 0.15) is 12.0 Å². The van der Waals surface area contributed by atoms with E-state index in [2.05, 4.69) is 5.32 Å². The largest absolute Gasteiger partial charge is 0.389 e. The van der Waals surface area contributed by atoms with E-state index in [1.54, 1.807) is 24.3 Å². The van der Waals surface area contributed by atoms with Gasteiger partial charge in [-0.15, -0.1) is 0 Å². The highest BCUT2D eigenvalue weighted by atomic mass is 32.1. The Hall–Kier alpha value is -1.99. The van der Waals surface area contributed by atoms with Crippen LogP contribution in [-0.4, -0.2) is 41.3 Å². The van der Waals surface area contributed by atoms with Gasteiger partial charge in [0.1, 0.15) is 4.99 Å². The van der Waals surface area contributed by atoms with Gasteiger partial charge in [-0.25, -0.2) is 0 Å². The smallest absolute Gasteiger partial charge is 0.238 e. The van der Waals surface area contributed by atoms with E-state index >= 15 is 0 Å². The molecule has 1 saturated heterocycles. The Morgan fingerprint density at radius 1 is 1.38 bits per heavy atom. The van der Waals surface area contributed by atoms with Crippen LogP contribution >= 0.6 is 12.2 Å². The zero-order valence-corrected chi connectivity index (χ0v) is 12.4. The lowest BCUT2D eigenvalue weighted by Gasteiger charge is -2.15. The molecule has 1 heterocycles. The highest BCUT2D eigenvalue weighted by molar-refractivity contribution is 7.80. The molecule has 0 spiro atoms. The van der Waals surface area contributed by atoms with Crippen LogP contribution in [0.15, 0.2) is 24.3 Å². The molecule has 0 bridgehead atoms. The quantitative estimate of drug-likeness (QED) is 0.668. The SMILES string of the molecule is NC(=O)C1CCN(CC(=O)Nc2cccc(C(N)=S)c2)C1. The van der Waals surface area contributed by atoms with Gasteiger partial charge in [0.25, 0.3) is 0 Å². The minimum absolute atomic E-state index is 0.139. The van der Waals surface area contributed by atoms with E-state index in [4.69, 9.17) is 23.7 Å². The molecule has 0 aliphatic carbocycles. The number of benzene rings is 1. The maximum Gasteiger partial charge on any atom is 0.238 e. The van der Waals surface area contributed by atoms with Crippen molar-refractivity contribution in [1.29, 1.82) is 0 Å². The average molecular weight is 306 g/mol. The first-order valence-corrected chi connectivity index (χ1v) is 7.08. The van der Waals surface area contributed by atoms with Crippen LogP contribution < -0.4 is 16.8 Å². The van der Waals surface area contributed by atoms with Crippen molar-refractivity contribution in [2.75, 3.05) is 25.0 Å². The first kappa shape index (κ1) is 15.4. The molecule has 0 radical (unpaired) electrons. The third kappa shape index (κ3) is 4.24. The van der Waals surface area contributed by atoms with Crippen LogP contribution in [0.4, 0.5) is 5.69 Å². The Balaban J connectivity index is 1.89. The second kappa shape index (κ2) is 6.64. The van der Waals surface area contributed by atoms with Crippen molar-refractivity contribution in [2.45, 2.75) is 6.42 Å². The first-order chi connectivity index (χ1) is 9.95. The van der Waals surface area contributed by atoms with Crippen LogP contribution in [0.5, 0.6) is 0 Å². The molecule has 1 fully saturated rings. The van der Waals surface area contributed by atoms with Gasteiger partial charge >= 0.3 is 0 Å². The van der Waals surface area contributed by atoms with Crippen LogP contribution in [-0.2, 0) is 9.59 Å². The highest BCUT2D eigenvalue weighted by Crippen LogP contribution is 2.16. The van der Waals surface area contributed by atoms with Crippen LogP contribution in [0, 0.1) is 5.92 Å². The number of nitrogens with one attached hydrogen (secondary N) is 1. The van der Waals surface area contributed by atoms with Gasteiger partial charge in [0.2, 0.25) is 11.8 Å². The molecule has 21 heavy (non-hydrogen) atoms. The summed E-state index contributed by atoms with van der Waals surface area (Å²) in [4.78, 5) is 25.3. The summed E-state index contributed by atoms with van der Waals surface area (Å²) in [6, 6.07) is 7.07. The number of carbonyl (C=O) groups excluding carboxylic acids is 2. The van der Waals surface area contributed by atoms with Gasteiger partial charge < -0.3 is 16.8 Å². The lowest BCUT2D eigenvalue weighted by molar-refractivity contribution is -0.122. The predicted octanol–water partition coefficient (Wildman–Crippen LogP) is 0.0665. The van der Waals surface area contributed by atoms with Gasteiger partial charge in [-0.1, -0.05) is 24.4 Å². The average Bonchev–Trinajstić information content (AvgIpc) is 2.87. The standard InChI is InChI=1S/C14H18N4O2S/c15-13(20)10-4-5-18(7-10)8-12(19)17-11-3-1-2-9(6-11)14(16)21/h1-3,6,10H,4-5,7-8H2,(H2,15,20)(H2,16,21)(H,17,19). The zero-order chi connectivity index (χ0) is 15.4. The van der Waals surface area contributed by atoms with Gasteiger partial charge in [0.15, 0.2) is 0 Å². The number of likely N-dealkylation sites (tertiary alicyclic amines) is 1. The van der Waals surface area contributed by atoms with E-state index in [9.17, 15) is 9.59 Å². The van der Waals surface area contributed by atoms with Crippen molar-refractivity contribution in [2.24, 2.45) is 17.4 Å². The normalized spacial score (nSPS) is 18.4. The van der Waals surface area contributed by atoms with Crippen molar-refractivity contribution in [3.8, 4) is 0 Å². The molecule has 1 aromatic rings. The molecule has 0 saturated carbocycles. The topological polar surface area (TPSA) is 101 Å². The summed E-state index contributed by atoms with van der Waals surface area (Å²) in [6.07, 6.45) is 0.708. The molecule has 6 nitrogen and oxygen atoms in total. The molecule has 112 valence electrons. The Bertz CT molecular complexity index is 576. The summed E-state index contributed by atoms with van der Waals surface area (Å²) in [7, 11) is 0. The summed E-state index contributed by atoms with van der Waals surface area (Å²) in [5.74, 6) is -0.599. The number of hydrogen-bond donors (Lipinski definition) is 3. The number of nitrogens with zero attached hydrogens (tertiary/aromatic N) is 1. The Morgan fingerprint density at radius 2 is 2.14 bits per heavy atom. The van der Waals surface area contributed by atoms with E-state index in [1.165, 1.54) is 0 Å². The number of amides is 2. The third-order valence-electron chi connectivity index (χ3n) is 3.47. The number of thiocarbonyl (C=S) groups is 1. The molecule has 1 unspecified atom stereocenters. The van der Waals surface area contributed by atoms with Crippen molar-refractivity contribution >= 4 is 34.7 Å². The fraction of sp³-hybridized carbons (Fsp3) is 0.357. The van der Waals surface area contributed by atoms with Crippen LogP contribution in [0.2, 0.25) is 0 Å². The summed E-state index contributed by atoms with van der Waals surface area (Å²) in [6.45, 7) is 1.48. The lowest BCUT2D eigenvalue weighted by atomic mass is 10.1. The maximum atomic E-state index is 12.0. The molecule has 1 aliphatic rings. The molecule has 5 N–H and O–H groups in total. The van der Waals surface area contributed by atoms with E-state index < -0.39 is 0 Å². The minimum Gasteiger partial charge on any atom is -0.389 e. The third-order valence-corrected chi connectivity index (χ3v) is 3.71. The number of rotatable bonds is 5. The minimum atomic E-state index is -0.304. The number of carbonyl (C=O) groups is 2. The zero-order valence-electron chi connectivity index (χ0n) is 11.5. The summed E-state index contributed by atoms with van der Waals surface area (Å²) in [5, 5.41) is 2.80. The van der Waals surface area contributed by atoms with Crippen molar-refractivity contribution < 1.29 is 9.59 Å². The highest BCUT2D eigenvalue weighted by Gasteiger charge is 2.27. The predicted molar refractivity (Wildman–Crippen MR) is 84.7 cm³/mol. The summed E-state index contributed by atoms with van der Waals surface area (Å²) < 4.78 is 0. The van der Waals surface area contributed by atoms with Gasteiger partial charge in [-0.2, -0.15) is 0 Å². The van der Waals surface area contributed by atoms with Crippen molar-refractivity contribution in [1.82, 2.24) is 4.90 Å². The number of primary amides is 1. The van der Waals surface area contributed by atoms with Gasteiger partial charge in [0.05, 0.1) is 12.5 Å². The molecule has 1 aromatic carbocycles. The Morgan fingerprint density at radius 3 is 2.76 bits per heavy atom. The van der Waals surface area contributed by atoms with Crippen molar-refractivity contribution in [3.63, 3.8) is 0 Å². The lowest BCUT2D eigenvalue weighted by Crippen LogP contribution is -2.33. The second-order valence-electron chi connectivity index (χ2n) is 5.12. The molecule has 7 heteroatoms. The molecule has 1 atom stereocenters. The van der Waals surface area contributed by atoms with Crippen molar-refractivity contribution in [3.05, 3.63) is 29.8 Å². The van der Waals surface area contributed by atoms with Gasteiger partial charge in [-0.05, 0) is 25.1 Å². The van der Waals surface area contributed by atoms with Crippen LogP contribution in [0.25, 0.3) is 0 Å². The van der Waals surface area contributed by atoms with E-state index in [1.807, 2.05) is 4.90 Å². The maximum absolute atomic E-state index is 12.0. The van der Waals surface area contributed by atoms with Crippen LogP contribution in [0.3, 0.4) is 0 Å². The molecular weight excluding hydrogens is 288 g/mol. The first-order valence-electron chi connectivity index (χ1n) is 6.67. The molecule has 0 aromatic heterocycles. The number of hydrogen-bond acceptors (Lipinski definition) is 4. The number of anilines is 1. The Labute approximate surface area is 128 Å². The molecule has 2 amide bonds. The summed E-state index contributed by atoms with van der Waals surface area (Å²) >= 11 is 4.90. The monoisotopic (exact) mass is 306 g/mol. The van der Waals surface area contributed by atoms with E-state index in [0.717, 1.165) is 0 Å². The fourth-order valence-electron chi connectivity index (χ4n) is 2.36.